The fourth-order valence-electron chi connectivity index (χ4n) is 2.01. The molecule has 0 bridgehead atoms. The Bertz CT molecular complexity index is 520. The molecule has 2 amide bonds. The molecule has 1 aromatic carbocycles. The number of halogens is 1. The smallest absolute Gasteiger partial charge is 0.313 e. The van der Waals surface area contributed by atoms with Gasteiger partial charge in [-0.25, -0.2) is 4.39 Å². The van der Waals surface area contributed by atoms with E-state index in [-0.39, 0.29) is 11.7 Å². The summed E-state index contributed by atoms with van der Waals surface area (Å²) >= 11 is 0. The van der Waals surface area contributed by atoms with Crippen molar-refractivity contribution in [2.45, 2.75) is 39.2 Å². The van der Waals surface area contributed by atoms with E-state index >= 15 is 0 Å². The number of hydrogen-bond donors (Lipinski definition) is 2. The van der Waals surface area contributed by atoms with Crippen LogP contribution in [0.5, 0.6) is 0 Å². The van der Waals surface area contributed by atoms with E-state index in [9.17, 15) is 14.0 Å². The van der Waals surface area contributed by atoms with Crippen molar-refractivity contribution in [1.82, 2.24) is 5.32 Å². The fourth-order valence-corrected chi connectivity index (χ4v) is 2.01. The van der Waals surface area contributed by atoms with Gasteiger partial charge in [0.05, 0.1) is 18.3 Å². The number of methoxy groups -OCH3 is 1. The Balaban J connectivity index is 2.63. The van der Waals surface area contributed by atoms with Gasteiger partial charge in [-0.1, -0.05) is 25.8 Å². The van der Waals surface area contributed by atoms with Crippen molar-refractivity contribution in [2.24, 2.45) is 0 Å². The number of carbonyl (C=O) groups is 2. The number of unbranched alkanes of at least 4 members (excludes halogenated alkanes) is 1. The number of ether oxygens (including phenoxy) is 1. The molecule has 0 aliphatic heterocycles. The minimum Gasteiger partial charge on any atom is -0.383 e. The third kappa shape index (κ3) is 5.81. The van der Waals surface area contributed by atoms with Crippen molar-refractivity contribution in [3.8, 4) is 0 Å². The summed E-state index contributed by atoms with van der Waals surface area (Å²) in [6.07, 6.45) is 2.63. The molecule has 0 aliphatic carbocycles. The second-order valence-corrected chi connectivity index (χ2v) is 5.21. The highest BCUT2D eigenvalue weighted by Crippen LogP contribution is 2.15. The molecule has 122 valence electrons. The number of benzene rings is 1. The van der Waals surface area contributed by atoms with Crippen molar-refractivity contribution in [1.29, 1.82) is 0 Å². The van der Waals surface area contributed by atoms with E-state index in [2.05, 4.69) is 10.6 Å². The molecule has 0 spiro atoms. The van der Waals surface area contributed by atoms with Crippen LogP contribution in [0.15, 0.2) is 18.2 Å². The van der Waals surface area contributed by atoms with Gasteiger partial charge < -0.3 is 15.4 Å². The molecule has 0 aromatic heterocycles. The monoisotopic (exact) mass is 310 g/mol. The van der Waals surface area contributed by atoms with Gasteiger partial charge in [-0.15, -0.1) is 0 Å². The van der Waals surface area contributed by atoms with Crippen LogP contribution in [-0.2, 0) is 14.3 Å². The van der Waals surface area contributed by atoms with Crippen molar-refractivity contribution in [2.75, 3.05) is 19.0 Å². The lowest BCUT2D eigenvalue weighted by Crippen LogP contribution is -2.44. The zero-order valence-corrected chi connectivity index (χ0v) is 13.2. The van der Waals surface area contributed by atoms with Crippen LogP contribution in [0, 0.1) is 12.7 Å². The topological polar surface area (TPSA) is 67.4 Å². The third-order valence-electron chi connectivity index (χ3n) is 3.19. The summed E-state index contributed by atoms with van der Waals surface area (Å²) in [5, 5.41) is 4.90. The zero-order valence-electron chi connectivity index (χ0n) is 13.2. The molecule has 0 aliphatic rings. The summed E-state index contributed by atoms with van der Waals surface area (Å²) in [6, 6.07) is 4.08. The van der Waals surface area contributed by atoms with E-state index in [0.29, 0.717) is 6.61 Å². The van der Waals surface area contributed by atoms with Gasteiger partial charge in [0.2, 0.25) is 0 Å². The van der Waals surface area contributed by atoms with E-state index < -0.39 is 17.6 Å². The number of hydrogen-bond acceptors (Lipinski definition) is 3. The Labute approximate surface area is 130 Å². The van der Waals surface area contributed by atoms with Gasteiger partial charge in [-0.05, 0) is 31.0 Å². The molecule has 2 N–H and O–H groups in total. The first-order chi connectivity index (χ1) is 10.5. The van der Waals surface area contributed by atoms with Crippen molar-refractivity contribution >= 4 is 17.5 Å². The minimum atomic E-state index is -0.887. The second kappa shape index (κ2) is 9.15. The molecule has 22 heavy (non-hydrogen) atoms. The normalized spacial score (nSPS) is 11.8. The molecule has 0 saturated carbocycles. The Morgan fingerprint density at radius 3 is 2.68 bits per heavy atom. The SMILES string of the molecule is CCCCC(COC)NC(=O)C(=O)Nc1cc(C)ccc1F. The largest absolute Gasteiger partial charge is 0.383 e. The highest BCUT2D eigenvalue weighted by Gasteiger charge is 2.19. The quantitative estimate of drug-likeness (QED) is 0.760. The molecule has 0 saturated heterocycles. The first-order valence-corrected chi connectivity index (χ1v) is 7.34. The number of aryl methyl sites for hydroxylation is 1. The summed E-state index contributed by atoms with van der Waals surface area (Å²) in [5.41, 5.74) is 0.786. The van der Waals surface area contributed by atoms with Gasteiger partial charge in [0.15, 0.2) is 0 Å². The van der Waals surface area contributed by atoms with Gasteiger partial charge in [-0.2, -0.15) is 0 Å². The van der Waals surface area contributed by atoms with Crippen LogP contribution in [0.1, 0.15) is 31.7 Å². The summed E-state index contributed by atoms with van der Waals surface area (Å²) in [5.74, 6) is -2.26. The van der Waals surface area contributed by atoms with Crippen molar-refractivity contribution in [3.05, 3.63) is 29.6 Å². The van der Waals surface area contributed by atoms with E-state index in [1.54, 1.807) is 13.0 Å². The van der Waals surface area contributed by atoms with Gasteiger partial charge in [-0.3, -0.25) is 9.59 Å². The summed E-state index contributed by atoms with van der Waals surface area (Å²) in [6.45, 7) is 4.14. The summed E-state index contributed by atoms with van der Waals surface area (Å²) in [4.78, 5) is 23.7. The molecule has 1 rings (SSSR count). The third-order valence-corrected chi connectivity index (χ3v) is 3.19. The zero-order chi connectivity index (χ0) is 16.5. The van der Waals surface area contributed by atoms with E-state index in [0.717, 1.165) is 24.8 Å². The van der Waals surface area contributed by atoms with Gasteiger partial charge in [0.1, 0.15) is 5.82 Å². The maximum atomic E-state index is 13.6. The number of rotatable bonds is 7. The highest BCUT2D eigenvalue weighted by molar-refractivity contribution is 6.39. The summed E-state index contributed by atoms with van der Waals surface area (Å²) in [7, 11) is 1.54. The average molecular weight is 310 g/mol. The molecule has 1 unspecified atom stereocenters. The Morgan fingerprint density at radius 1 is 1.32 bits per heavy atom. The maximum absolute atomic E-state index is 13.6. The molecule has 0 fully saturated rings. The Kier molecular flexibility index (Phi) is 7.52. The lowest BCUT2D eigenvalue weighted by atomic mass is 10.1. The predicted molar refractivity (Wildman–Crippen MR) is 83.1 cm³/mol. The molecule has 6 heteroatoms. The lowest BCUT2D eigenvalue weighted by molar-refractivity contribution is -0.136. The van der Waals surface area contributed by atoms with E-state index in [1.807, 2.05) is 6.92 Å². The maximum Gasteiger partial charge on any atom is 0.313 e. The molecular weight excluding hydrogens is 287 g/mol. The van der Waals surface area contributed by atoms with Gasteiger partial charge >= 0.3 is 11.8 Å². The van der Waals surface area contributed by atoms with Crippen LogP contribution in [0.2, 0.25) is 0 Å². The number of nitrogens with one attached hydrogen (secondary N) is 2. The van der Waals surface area contributed by atoms with Gasteiger partial charge in [0.25, 0.3) is 0 Å². The molecule has 1 atom stereocenters. The number of carbonyl (C=O) groups excluding carboxylic acids is 2. The molecule has 5 nitrogen and oxygen atoms in total. The average Bonchev–Trinajstić information content (AvgIpc) is 2.48. The summed E-state index contributed by atoms with van der Waals surface area (Å²) < 4.78 is 18.6. The Hall–Kier alpha value is -1.95. The van der Waals surface area contributed by atoms with Crippen LogP contribution in [0.25, 0.3) is 0 Å². The molecule has 0 heterocycles. The number of amides is 2. The van der Waals surface area contributed by atoms with Gasteiger partial charge in [0, 0.05) is 7.11 Å². The number of anilines is 1. The van der Waals surface area contributed by atoms with Crippen LogP contribution in [0.4, 0.5) is 10.1 Å². The molecule has 0 radical (unpaired) electrons. The second-order valence-electron chi connectivity index (χ2n) is 5.21. The van der Waals surface area contributed by atoms with E-state index in [4.69, 9.17) is 4.74 Å². The minimum absolute atomic E-state index is 0.00278. The van der Waals surface area contributed by atoms with Crippen molar-refractivity contribution in [3.63, 3.8) is 0 Å². The Morgan fingerprint density at radius 2 is 2.05 bits per heavy atom. The first kappa shape index (κ1) is 18.1. The predicted octanol–water partition coefficient (Wildman–Crippen LogP) is 2.39. The van der Waals surface area contributed by atoms with Crippen LogP contribution in [-0.4, -0.2) is 31.6 Å². The van der Waals surface area contributed by atoms with Crippen molar-refractivity contribution < 1.29 is 18.7 Å². The van der Waals surface area contributed by atoms with E-state index in [1.165, 1.54) is 19.2 Å². The van der Waals surface area contributed by atoms with Crippen LogP contribution >= 0.6 is 0 Å². The lowest BCUT2D eigenvalue weighted by Gasteiger charge is -2.17. The highest BCUT2D eigenvalue weighted by atomic mass is 19.1. The molecular formula is C16H23FN2O3. The van der Waals surface area contributed by atoms with Crippen LogP contribution < -0.4 is 10.6 Å². The molecule has 1 aromatic rings. The fraction of sp³-hybridized carbons (Fsp3) is 0.500. The first-order valence-electron chi connectivity index (χ1n) is 7.34. The standard InChI is InChI=1S/C16H23FN2O3/c1-4-5-6-12(10-22-3)18-15(20)16(21)19-14-9-11(2)7-8-13(14)17/h7-9,12H,4-6,10H2,1-3H3,(H,18,20)(H,19,21). The van der Waals surface area contributed by atoms with Crippen LogP contribution in [0.3, 0.4) is 0 Å².